The summed E-state index contributed by atoms with van der Waals surface area (Å²) in [6.07, 6.45) is 1.73. The lowest BCUT2D eigenvalue weighted by molar-refractivity contribution is 0.102. The number of aromatic nitrogens is 1. The number of benzene rings is 3. The molecule has 1 heterocycles. The van der Waals surface area contributed by atoms with Crippen LogP contribution in [0.2, 0.25) is 10.0 Å². The van der Waals surface area contributed by atoms with Gasteiger partial charge < -0.3 is 10.1 Å². The van der Waals surface area contributed by atoms with Crippen LogP contribution in [0, 0.1) is 0 Å². The number of nitrogens with one attached hydrogen (secondary N) is 1. The topological polar surface area (TPSA) is 51.2 Å². The number of carbonyl (C=O) groups is 1. The number of hydrogen-bond acceptors (Lipinski definition) is 3. The summed E-state index contributed by atoms with van der Waals surface area (Å²) >= 11 is 12.0. The van der Waals surface area contributed by atoms with Gasteiger partial charge in [-0.3, -0.25) is 9.78 Å². The van der Waals surface area contributed by atoms with Crippen LogP contribution >= 0.6 is 23.2 Å². The Hall–Kier alpha value is -3.08. The second-order valence-corrected chi connectivity index (χ2v) is 6.88. The summed E-state index contributed by atoms with van der Waals surface area (Å²) in [6, 6.07) is 21.4. The molecular weight excluding hydrogens is 395 g/mol. The van der Waals surface area contributed by atoms with Gasteiger partial charge in [0.2, 0.25) is 0 Å². The molecular formula is C22H14Cl2N2O2. The molecule has 28 heavy (non-hydrogen) atoms. The molecule has 1 N–H and O–H groups in total. The first-order chi connectivity index (χ1) is 13.6. The van der Waals surface area contributed by atoms with E-state index in [0.717, 1.165) is 10.9 Å². The molecule has 3 aromatic carbocycles. The van der Waals surface area contributed by atoms with Crippen molar-refractivity contribution in [3.8, 4) is 11.5 Å². The number of pyridine rings is 1. The third-order valence-corrected chi connectivity index (χ3v) is 4.67. The average Bonchev–Trinajstić information content (AvgIpc) is 2.71. The summed E-state index contributed by atoms with van der Waals surface area (Å²) in [5.41, 5.74) is 1.72. The Morgan fingerprint density at radius 3 is 2.54 bits per heavy atom. The number of anilines is 1. The van der Waals surface area contributed by atoms with Crippen molar-refractivity contribution in [2.24, 2.45) is 0 Å². The molecule has 0 bridgehead atoms. The lowest BCUT2D eigenvalue weighted by Crippen LogP contribution is -2.12. The maximum Gasteiger partial charge on any atom is 0.257 e. The van der Waals surface area contributed by atoms with Gasteiger partial charge in [-0.05, 0) is 54.6 Å². The van der Waals surface area contributed by atoms with Crippen LogP contribution in [0.4, 0.5) is 5.69 Å². The zero-order chi connectivity index (χ0) is 19.5. The number of carbonyl (C=O) groups excluding carboxylic acids is 1. The fraction of sp³-hybridized carbons (Fsp3) is 0. The summed E-state index contributed by atoms with van der Waals surface area (Å²) in [5, 5.41) is 4.58. The Kier molecular flexibility index (Phi) is 5.15. The Bertz CT molecular complexity index is 1160. The summed E-state index contributed by atoms with van der Waals surface area (Å²) in [5.74, 6) is 0.969. The van der Waals surface area contributed by atoms with E-state index in [1.54, 1.807) is 42.6 Å². The van der Waals surface area contributed by atoms with Crippen LogP contribution in [0.3, 0.4) is 0 Å². The largest absolute Gasteiger partial charge is 0.455 e. The molecule has 0 fully saturated rings. The maximum atomic E-state index is 12.4. The molecule has 0 radical (unpaired) electrons. The summed E-state index contributed by atoms with van der Waals surface area (Å²) in [6.45, 7) is 0. The molecule has 0 spiro atoms. The number of hydrogen-bond donors (Lipinski definition) is 1. The van der Waals surface area contributed by atoms with Crippen LogP contribution < -0.4 is 10.1 Å². The van der Waals surface area contributed by atoms with Crippen molar-refractivity contribution >= 4 is 45.7 Å². The third kappa shape index (κ3) is 3.93. The van der Waals surface area contributed by atoms with Gasteiger partial charge >= 0.3 is 0 Å². The molecule has 138 valence electrons. The number of halogens is 2. The number of rotatable bonds is 4. The molecule has 4 aromatic rings. The monoisotopic (exact) mass is 408 g/mol. The Labute approximate surface area is 171 Å². The van der Waals surface area contributed by atoms with E-state index in [2.05, 4.69) is 10.3 Å². The molecule has 4 nitrogen and oxygen atoms in total. The van der Waals surface area contributed by atoms with Gasteiger partial charge in [-0.15, -0.1) is 0 Å². The van der Waals surface area contributed by atoms with E-state index in [-0.39, 0.29) is 5.91 Å². The van der Waals surface area contributed by atoms with Crippen LogP contribution in [0.25, 0.3) is 10.9 Å². The van der Waals surface area contributed by atoms with Gasteiger partial charge in [0.1, 0.15) is 11.3 Å². The van der Waals surface area contributed by atoms with E-state index >= 15 is 0 Å². The molecule has 1 aromatic heterocycles. The maximum absolute atomic E-state index is 12.4. The minimum absolute atomic E-state index is 0.316. The van der Waals surface area contributed by atoms with Crippen molar-refractivity contribution < 1.29 is 9.53 Å². The fourth-order valence-electron chi connectivity index (χ4n) is 2.76. The second-order valence-electron chi connectivity index (χ2n) is 6.04. The summed E-state index contributed by atoms with van der Waals surface area (Å²) in [4.78, 5) is 16.8. The van der Waals surface area contributed by atoms with Crippen LogP contribution in [-0.4, -0.2) is 10.9 Å². The van der Waals surface area contributed by atoms with E-state index in [1.165, 1.54) is 6.07 Å². The minimum Gasteiger partial charge on any atom is -0.455 e. The van der Waals surface area contributed by atoms with Gasteiger partial charge in [0.15, 0.2) is 5.75 Å². The average molecular weight is 409 g/mol. The molecule has 1 amide bonds. The van der Waals surface area contributed by atoms with Crippen LogP contribution in [0.5, 0.6) is 11.5 Å². The number of para-hydroxylation sites is 1. The highest BCUT2D eigenvalue weighted by molar-refractivity contribution is 6.36. The van der Waals surface area contributed by atoms with Crippen LogP contribution in [-0.2, 0) is 0 Å². The van der Waals surface area contributed by atoms with Gasteiger partial charge in [0.05, 0.1) is 10.6 Å². The normalized spacial score (nSPS) is 10.6. The van der Waals surface area contributed by atoms with Crippen molar-refractivity contribution in [3.05, 3.63) is 94.6 Å². The van der Waals surface area contributed by atoms with E-state index in [0.29, 0.717) is 32.8 Å². The number of ether oxygens (including phenoxy) is 1. The molecule has 0 aliphatic rings. The minimum atomic E-state index is -0.334. The summed E-state index contributed by atoms with van der Waals surface area (Å²) in [7, 11) is 0. The number of fused-ring (bicyclic) bond motifs is 1. The van der Waals surface area contributed by atoms with E-state index in [9.17, 15) is 4.79 Å². The molecule has 0 aliphatic carbocycles. The van der Waals surface area contributed by atoms with E-state index < -0.39 is 0 Å². The van der Waals surface area contributed by atoms with Crippen molar-refractivity contribution in [2.75, 3.05) is 5.32 Å². The predicted molar refractivity (Wildman–Crippen MR) is 113 cm³/mol. The zero-order valence-electron chi connectivity index (χ0n) is 14.5. The highest BCUT2D eigenvalue weighted by Gasteiger charge is 2.11. The molecule has 0 saturated heterocycles. The van der Waals surface area contributed by atoms with Gasteiger partial charge in [0, 0.05) is 22.3 Å². The molecule has 6 heteroatoms. The SMILES string of the molecule is O=C(Nc1ccc(Oc2cccc3cccnc23)cc1)c1cc(Cl)ccc1Cl. The van der Waals surface area contributed by atoms with Crippen molar-refractivity contribution in [1.82, 2.24) is 4.98 Å². The highest BCUT2D eigenvalue weighted by Crippen LogP contribution is 2.29. The van der Waals surface area contributed by atoms with Crippen molar-refractivity contribution in [1.29, 1.82) is 0 Å². The molecule has 0 unspecified atom stereocenters. The smallest absolute Gasteiger partial charge is 0.257 e. The van der Waals surface area contributed by atoms with Gasteiger partial charge in [-0.2, -0.15) is 0 Å². The van der Waals surface area contributed by atoms with E-state index in [1.807, 2.05) is 30.3 Å². The number of nitrogens with zero attached hydrogens (tertiary/aromatic N) is 1. The predicted octanol–water partition coefficient (Wildman–Crippen LogP) is 6.59. The standard InChI is InChI=1S/C22H14Cl2N2O2/c23-15-6-11-19(24)18(13-15)22(27)26-16-7-9-17(10-8-16)28-20-5-1-3-14-4-2-12-25-21(14)20/h1-13H,(H,26,27). The highest BCUT2D eigenvalue weighted by atomic mass is 35.5. The summed E-state index contributed by atoms with van der Waals surface area (Å²) < 4.78 is 5.96. The number of amides is 1. The first-order valence-electron chi connectivity index (χ1n) is 8.48. The Balaban J connectivity index is 1.51. The Morgan fingerprint density at radius 1 is 0.929 bits per heavy atom. The Morgan fingerprint density at radius 2 is 1.71 bits per heavy atom. The third-order valence-electron chi connectivity index (χ3n) is 4.11. The molecule has 0 aliphatic heterocycles. The first kappa shape index (κ1) is 18.3. The molecule has 0 atom stereocenters. The van der Waals surface area contributed by atoms with Crippen LogP contribution in [0.1, 0.15) is 10.4 Å². The van der Waals surface area contributed by atoms with Crippen molar-refractivity contribution in [2.45, 2.75) is 0 Å². The van der Waals surface area contributed by atoms with E-state index in [4.69, 9.17) is 27.9 Å². The second kappa shape index (κ2) is 7.89. The van der Waals surface area contributed by atoms with Gasteiger partial charge in [-0.1, -0.05) is 41.4 Å². The molecule has 4 rings (SSSR count). The van der Waals surface area contributed by atoms with Gasteiger partial charge in [0.25, 0.3) is 5.91 Å². The lowest BCUT2D eigenvalue weighted by Gasteiger charge is -2.10. The lowest BCUT2D eigenvalue weighted by atomic mass is 10.2. The first-order valence-corrected chi connectivity index (χ1v) is 9.24. The zero-order valence-corrected chi connectivity index (χ0v) is 16.0. The fourth-order valence-corrected chi connectivity index (χ4v) is 3.14. The van der Waals surface area contributed by atoms with Gasteiger partial charge in [-0.25, -0.2) is 0 Å². The van der Waals surface area contributed by atoms with Crippen LogP contribution in [0.15, 0.2) is 79.0 Å². The van der Waals surface area contributed by atoms with Crippen molar-refractivity contribution in [3.63, 3.8) is 0 Å². The quantitative estimate of drug-likeness (QED) is 0.414. The molecule has 0 saturated carbocycles.